The molecule has 1 saturated heterocycles. The van der Waals surface area contributed by atoms with Crippen molar-refractivity contribution in [2.75, 3.05) is 26.3 Å². The van der Waals surface area contributed by atoms with Gasteiger partial charge in [0, 0.05) is 19.6 Å². The Morgan fingerprint density at radius 1 is 1.22 bits per heavy atom. The molecule has 1 aliphatic rings. The van der Waals surface area contributed by atoms with E-state index in [0.29, 0.717) is 16.6 Å². The standard InChI is InChI=1S/C18H19N5O4/c24-17-15-9-21-23(16(15)19-11-20-17)12-27-18(25)14-3-1-13(2-4-14)10-22-5-7-26-8-6-22/h1-4,9,11H,5-8,10,12H2,(H,19,20,24). The quantitative estimate of drug-likeness (QED) is 0.663. The predicted molar refractivity (Wildman–Crippen MR) is 96.1 cm³/mol. The van der Waals surface area contributed by atoms with Crippen molar-refractivity contribution in [2.45, 2.75) is 13.3 Å². The van der Waals surface area contributed by atoms with E-state index < -0.39 is 5.97 Å². The highest BCUT2D eigenvalue weighted by atomic mass is 16.5. The highest BCUT2D eigenvalue weighted by Gasteiger charge is 2.13. The van der Waals surface area contributed by atoms with Crippen LogP contribution in [0.3, 0.4) is 0 Å². The van der Waals surface area contributed by atoms with Crippen molar-refractivity contribution in [2.24, 2.45) is 0 Å². The summed E-state index contributed by atoms with van der Waals surface area (Å²) in [6.45, 7) is 4.06. The summed E-state index contributed by atoms with van der Waals surface area (Å²) in [4.78, 5) is 32.8. The van der Waals surface area contributed by atoms with Crippen molar-refractivity contribution in [3.8, 4) is 0 Å². The molecule has 3 heterocycles. The highest BCUT2D eigenvalue weighted by molar-refractivity contribution is 5.89. The van der Waals surface area contributed by atoms with Crippen molar-refractivity contribution in [3.63, 3.8) is 0 Å². The summed E-state index contributed by atoms with van der Waals surface area (Å²) >= 11 is 0. The lowest BCUT2D eigenvalue weighted by Crippen LogP contribution is -2.35. The monoisotopic (exact) mass is 369 g/mol. The zero-order valence-corrected chi connectivity index (χ0v) is 14.6. The molecule has 1 aliphatic heterocycles. The number of hydrogen-bond donors (Lipinski definition) is 1. The minimum absolute atomic E-state index is 0.117. The summed E-state index contributed by atoms with van der Waals surface area (Å²) in [5.74, 6) is -0.457. The molecule has 0 amide bonds. The Balaban J connectivity index is 1.37. The molecule has 0 bridgehead atoms. The number of benzene rings is 1. The number of rotatable bonds is 5. The van der Waals surface area contributed by atoms with Gasteiger partial charge in [-0.1, -0.05) is 12.1 Å². The summed E-state index contributed by atoms with van der Waals surface area (Å²) in [7, 11) is 0. The average molecular weight is 369 g/mol. The first-order valence-electron chi connectivity index (χ1n) is 8.66. The maximum absolute atomic E-state index is 12.3. The SMILES string of the molecule is O=C(OCn1ncc2c(=O)[nH]cnc21)c1ccc(CN2CCOCC2)cc1. The second-order valence-corrected chi connectivity index (χ2v) is 6.26. The first kappa shape index (κ1) is 17.4. The van der Waals surface area contributed by atoms with Crippen LogP contribution < -0.4 is 5.56 Å². The van der Waals surface area contributed by atoms with Crippen molar-refractivity contribution < 1.29 is 14.3 Å². The maximum atomic E-state index is 12.3. The van der Waals surface area contributed by atoms with E-state index in [-0.39, 0.29) is 12.3 Å². The topological polar surface area (TPSA) is 102 Å². The van der Waals surface area contributed by atoms with E-state index in [1.54, 1.807) is 12.1 Å². The predicted octanol–water partition coefficient (Wildman–Crippen LogP) is 0.766. The van der Waals surface area contributed by atoms with Gasteiger partial charge in [0.2, 0.25) is 0 Å². The number of morpholine rings is 1. The van der Waals surface area contributed by atoms with Gasteiger partial charge in [-0.05, 0) is 17.7 Å². The fourth-order valence-corrected chi connectivity index (χ4v) is 2.97. The van der Waals surface area contributed by atoms with E-state index in [2.05, 4.69) is 20.0 Å². The zero-order valence-electron chi connectivity index (χ0n) is 14.6. The minimum Gasteiger partial charge on any atom is -0.439 e. The van der Waals surface area contributed by atoms with Crippen LogP contribution in [0.5, 0.6) is 0 Å². The smallest absolute Gasteiger partial charge is 0.339 e. The molecule has 2 aromatic heterocycles. The third-order valence-electron chi connectivity index (χ3n) is 4.46. The van der Waals surface area contributed by atoms with Crippen LogP contribution in [-0.2, 0) is 22.7 Å². The molecule has 0 saturated carbocycles. The molecule has 3 aromatic rings. The molecule has 140 valence electrons. The molecular weight excluding hydrogens is 350 g/mol. The van der Waals surface area contributed by atoms with E-state index in [0.717, 1.165) is 38.4 Å². The van der Waals surface area contributed by atoms with Crippen LogP contribution in [0, 0.1) is 0 Å². The number of ether oxygens (including phenoxy) is 2. The van der Waals surface area contributed by atoms with Gasteiger partial charge in [0.05, 0.1) is 31.3 Å². The lowest BCUT2D eigenvalue weighted by atomic mass is 10.1. The number of esters is 1. The lowest BCUT2D eigenvalue weighted by Gasteiger charge is -2.26. The Morgan fingerprint density at radius 3 is 2.78 bits per heavy atom. The van der Waals surface area contributed by atoms with Gasteiger partial charge in [0.25, 0.3) is 5.56 Å². The lowest BCUT2D eigenvalue weighted by molar-refractivity contribution is 0.0341. The number of carbonyl (C=O) groups is 1. The third-order valence-corrected chi connectivity index (χ3v) is 4.46. The van der Waals surface area contributed by atoms with Crippen LogP contribution in [-0.4, -0.2) is 56.9 Å². The Morgan fingerprint density at radius 2 is 2.00 bits per heavy atom. The third kappa shape index (κ3) is 3.88. The molecule has 4 rings (SSSR count). The molecule has 0 radical (unpaired) electrons. The second-order valence-electron chi connectivity index (χ2n) is 6.26. The summed E-state index contributed by atoms with van der Waals surface area (Å²) < 4.78 is 12.0. The fraction of sp³-hybridized carbons (Fsp3) is 0.333. The van der Waals surface area contributed by atoms with Crippen molar-refractivity contribution in [1.82, 2.24) is 24.6 Å². The van der Waals surface area contributed by atoms with Gasteiger partial charge in [-0.3, -0.25) is 9.69 Å². The largest absolute Gasteiger partial charge is 0.439 e. The van der Waals surface area contributed by atoms with Crippen LogP contribution in [0.1, 0.15) is 15.9 Å². The highest BCUT2D eigenvalue weighted by Crippen LogP contribution is 2.11. The molecule has 1 aromatic carbocycles. The van der Waals surface area contributed by atoms with E-state index in [1.165, 1.54) is 17.2 Å². The number of aromatic nitrogens is 4. The van der Waals surface area contributed by atoms with E-state index in [1.807, 2.05) is 12.1 Å². The molecule has 0 atom stereocenters. The van der Waals surface area contributed by atoms with E-state index in [4.69, 9.17) is 9.47 Å². The van der Waals surface area contributed by atoms with Gasteiger partial charge < -0.3 is 14.5 Å². The Kier molecular flexibility index (Phi) is 4.95. The van der Waals surface area contributed by atoms with Crippen LogP contribution >= 0.6 is 0 Å². The van der Waals surface area contributed by atoms with E-state index >= 15 is 0 Å². The molecule has 9 heteroatoms. The molecule has 27 heavy (non-hydrogen) atoms. The fourth-order valence-electron chi connectivity index (χ4n) is 2.97. The number of nitrogens with one attached hydrogen (secondary N) is 1. The van der Waals surface area contributed by atoms with Crippen LogP contribution in [0.4, 0.5) is 0 Å². The van der Waals surface area contributed by atoms with Gasteiger partial charge in [-0.15, -0.1) is 0 Å². The summed E-state index contributed by atoms with van der Waals surface area (Å²) in [5, 5.41) is 4.39. The maximum Gasteiger partial charge on any atom is 0.339 e. The molecule has 0 unspecified atom stereocenters. The van der Waals surface area contributed by atoms with E-state index in [9.17, 15) is 9.59 Å². The number of H-pyrrole nitrogens is 1. The minimum atomic E-state index is -0.457. The average Bonchev–Trinajstić information content (AvgIpc) is 3.12. The first-order valence-corrected chi connectivity index (χ1v) is 8.66. The van der Waals surface area contributed by atoms with Crippen LogP contribution in [0.25, 0.3) is 11.0 Å². The van der Waals surface area contributed by atoms with Gasteiger partial charge in [-0.25, -0.2) is 14.5 Å². The molecule has 1 N–H and O–H groups in total. The van der Waals surface area contributed by atoms with Crippen LogP contribution in [0.2, 0.25) is 0 Å². The molecule has 9 nitrogen and oxygen atoms in total. The number of nitrogens with zero attached hydrogens (tertiary/aromatic N) is 4. The van der Waals surface area contributed by atoms with Gasteiger partial charge in [-0.2, -0.15) is 5.10 Å². The normalized spacial score (nSPS) is 15.1. The molecule has 0 aliphatic carbocycles. The van der Waals surface area contributed by atoms with Crippen molar-refractivity contribution >= 4 is 17.0 Å². The van der Waals surface area contributed by atoms with Gasteiger partial charge in [0.15, 0.2) is 12.4 Å². The van der Waals surface area contributed by atoms with Crippen molar-refractivity contribution in [1.29, 1.82) is 0 Å². The number of fused-ring (bicyclic) bond motifs is 1. The van der Waals surface area contributed by atoms with Gasteiger partial charge in [0.1, 0.15) is 5.39 Å². The number of hydrogen-bond acceptors (Lipinski definition) is 7. The summed E-state index contributed by atoms with van der Waals surface area (Å²) in [5.41, 5.74) is 1.68. The summed E-state index contributed by atoms with van der Waals surface area (Å²) in [6.07, 6.45) is 2.69. The molecular formula is C18H19N5O4. The zero-order chi connectivity index (χ0) is 18.6. The van der Waals surface area contributed by atoms with Crippen molar-refractivity contribution in [3.05, 3.63) is 58.3 Å². The van der Waals surface area contributed by atoms with Crippen LogP contribution in [0.15, 0.2) is 41.6 Å². The Hall–Kier alpha value is -3.04. The molecule has 1 fully saturated rings. The first-order chi connectivity index (χ1) is 13.2. The second kappa shape index (κ2) is 7.68. The molecule has 0 spiro atoms. The Labute approximate surface area is 154 Å². The number of carbonyl (C=O) groups excluding carboxylic acids is 1. The van der Waals surface area contributed by atoms with Gasteiger partial charge >= 0.3 is 5.97 Å². The number of aromatic amines is 1. The Bertz CT molecular complexity index is 989. The summed E-state index contributed by atoms with van der Waals surface area (Å²) in [6, 6.07) is 7.36.